The number of alkyl halides is 1. The maximum absolute atomic E-state index is 5.83. The molecule has 0 aromatic heterocycles. The van der Waals surface area contributed by atoms with Crippen molar-refractivity contribution in [3.8, 4) is 0 Å². The van der Waals surface area contributed by atoms with Gasteiger partial charge >= 0.3 is 0 Å². The Morgan fingerprint density at radius 1 is 1.16 bits per heavy atom. The van der Waals surface area contributed by atoms with Gasteiger partial charge in [0, 0.05) is 0 Å². The van der Waals surface area contributed by atoms with Gasteiger partial charge in [-0.05, 0) is 28.8 Å². The molecule has 0 amide bonds. The smallest absolute Gasteiger partial charge is 0.0975 e. The van der Waals surface area contributed by atoms with Crippen molar-refractivity contribution in [1.82, 2.24) is 0 Å². The molecule has 2 unspecified atom stereocenters. The third kappa shape index (κ3) is 2.55. The van der Waals surface area contributed by atoms with Crippen LogP contribution in [0.3, 0.4) is 0 Å². The molecule has 0 spiro atoms. The summed E-state index contributed by atoms with van der Waals surface area (Å²) in [6, 6.07) is 12.8. The van der Waals surface area contributed by atoms with Crippen LogP contribution in [0.4, 0.5) is 0 Å². The second-order valence-electron chi connectivity index (χ2n) is 4.90. The van der Waals surface area contributed by atoms with Gasteiger partial charge in [0.1, 0.15) is 0 Å². The van der Waals surface area contributed by atoms with Gasteiger partial charge in [0.2, 0.25) is 0 Å². The maximum Gasteiger partial charge on any atom is 0.0975 e. The fraction of sp³-hybridized carbons (Fsp3) is 0.375. The lowest BCUT2D eigenvalue weighted by Gasteiger charge is -2.28. The van der Waals surface area contributed by atoms with Gasteiger partial charge in [-0.25, -0.2) is 0 Å². The number of ether oxygens (including phenoxy) is 2. The zero-order chi connectivity index (χ0) is 13.2. The first-order valence-corrected chi connectivity index (χ1v) is 7.50. The van der Waals surface area contributed by atoms with E-state index >= 15 is 0 Å². The number of hydrogen-bond acceptors (Lipinski definition) is 2. The van der Waals surface area contributed by atoms with E-state index in [1.54, 1.807) is 0 Å². The van der Waals surface area contributed by atoms with E-state index in [1.807, 2.05) is 0 Å². The van der Waals surface area contributed by atoms with Crippen LogP contribution in [0.1, 0.15) is 16.0 Å². The second-order valence-corrected chi connectivity index (χ2v) is 5.89. The van der Waals surface area contributed by atoms with Crippen LogP contribution in [0.25, 0.3) is 10.8 Å². The van der Waals surface area contributed by atoms with Crippen LogP contribution in [0.5, 0.6) is 0 Å². The number of hydrogen-bond donors (Lipinski definition) is 0. The summed E-state index contributed by atoms with van der Waals surface area (Å²) in [4.78, 5) is 0.166. The number of halogens is 1. The molecule has 0 radical (unpaired) electrons. The molecule has 0 bridgehead atoms. The normalized spacial score (nSPS) is 21.5. The molecule has 1 aliphatic heterocycles. The average Bonchev–Trinajstić information content (AvgIpc) is 2.47. The molecule has 1 fully saturated rings. The minimum atomic E-state index is 0.0817. The Kier molecular flexibility index (Phi) is 3.87. The van der Waals surface area contributed by atoms with Crippen molar-refractivity contribution < 1.29 is 9.47 Å². The van der Waals surface area contributed by atoms with Crippen molar-refractivity contribution in [2.75, 3.05) is 19.8 Å². The van der Waals surface area contributed by atoms with Gasteiger partial charge in [0.05, 0.1) is 30.8 Å². The first-order valence-electron chi connectivity index (χ1n) is 6.59. The van der Waals surface area contributed by atoms with Crippen LogP contribution >= 0.6 is 15.9 Å². The summed E-state index contributed by atoms with van der Waals surface area (Å²) >= 11 is 3.81. The predicted molar refractivity (Wildman–Crippen MR) is 80.9 cm³/mol. The summed E-state index contributed by atoms with van der Waals surface area (Å²) in [6.45, 7) is 4.18. The van der Waals surface area contributed by atoms with Crippen molar-refractivity contribution in [2.45, 2.75) is 17.9 Å². The highest BCUT2D eigenvalue weighted by Crippen LogP contribution is 2.36. The van der Waals surface area contributed by atoms with Crippen molar-refractivity contribution in [1.29, 1.82) is 0 Å². The molecule has 2 aromatic carbocycles. The van der Waals surface area contributed by atoms with Gasteiger partial charge in [0.15, 0.2) is 0 Å². The fourth-order valence-corrected chi connectivity index (χ4v) is 3.54. The maximum atomic E-state index is 5.83. The molecule has 2 aromatic rings. The SMILES string of the molecule is Cc1ccc2ccccc2c1C(Br)C1COCCO1. The lowest BCUT2D eigenvalue weighted by Crippen LogP contribution is -2.32. The lowest BCUT2D eigenvalue weighted by molar-refractivity contribution is -0.0875. The van der Waals surface area contributed by atoms with Crippen LogP contribution in [0.15, 0.2) is 36.4 Å². The molecule has 3 rings (SSSR count). The van der Waals surface area contributed by atoms with E-state index < -0.39 is 0 Å². The highest BCUT2D eigenvalue weighted by Gasteiger charge is 2.26. The Hall–Kier alpha value is -0.900. The van der Waals surface area contributed by atoms with Gasteiger partial charge in [-0.2, -0.15) is 0 Å². The van der Waals surface area contributed by atoms with Crippen LogP contribution < -0.4 is 0 Å². The number of aryl methyl sites for hydroxylation is 1. The van der Waals surface area contributed by atoms with Crippen LogP contribution in [-0.2, 0) is 9.47 Å². The molecular formula is C16H17BrO2. The highest BCUT2D eigenvalue weighted by atomic mass is 79.9. The van der Waals surface area contributed by atoms with Gasteiger partial charge in [-0.1, -0.05) is 52.3 Å². The largest absolute Gasteiger partial charge is 0.376 e. The molecule has 1 aliphatic rings. The summed E-state index contributed by atoms with van der Waals surface area (Å²) in [5, 5.41) is 2.56. The number of fused-ring (bicyclic) bond motifs is 1. The van der Waals surface area contributed by atoms with Gasteiger partial charge in [-0.15, -0.1) is 0 Å². The van der Waals surface area contributed by atoms with Crippen molar-refractivity contribution in [2.24, 2.45) is 0 Å². The highest BCUT2D eigenvalue weighted by molar-refractivity contribution is 9.09. The average molecular weight is 321 g/mol. The van der Waals surface area contributed by atoms with E-state index in [9.17, 15) is 0 Å². The molecule has 1 heterocycles. The Bertz CT molecular complexity index is 576. The van der Waals surface area contributed by atoms with Crippen molar-refractivity contribution in [3.63, 3.8) is 0 Å². The van der Waals surface area contributed by atoms with E-state index in [-0.39, 0.29) is 10.9 Å². The molecule has 19 heavy (non-hydrogen) atoms. The third-order valence-electron chi connectivity index (χ3n) is 3.63. The topological polar surface area (TPSA) is 18.5 Å². The molecule has 0 N–H and O–H groups in total. The van der Waals surface area contributed by atoms with Gasteiger partial charge in [-0.3, -0.25) is 0 Å². The Labute approximate surface area is 121 Å². The standard InChI is InChI=1S/C16H17BrO2/c1-11-6-7-12-4-2-3-5-13(12)15(11)16(17)14-10-18-8-9-19-14/h2-7,14,16H,8-10H2,1H3. The number of rotatable bonds is 2. The van der Waals surface area contributed by atoms with E-state index in [0.29, 0.717) is 19.8 Å². The fourth-order valence-electron chi connectivity index (χ4n) is 2.63. The van der Waals surface area contributed by atoms with Crippen molar-refractivity contribution in [3.05, 3.63) is 47.5 Å². The first kappa shape index (κ1) is 13.1. The van der Waals surface area contributed by atoms with Gasteiger partial charge < -0.3 is 9.47 Å². The molecular weight excluding hydrogens is 304 g/mol. The van der Waals surface area contributed by atoms with E-state index in [0.717, 1.165) is 0 Å². The second kappa shape index (κ2) is 5.61. The summed E-state index contributed by atoms with van der Waals surface area (Å²) in [7, 11) is 0. The summed E-state index contributed by atoms with van der Waals surface area (Å²) in [5.74, 6) is 0. The predicted octanol–water partition coefficient (Wildman–Crippen LogP) is 4.00. The minimum Gasteiger partial charge on any atom is -0.376 e. The lowest BCUT2D eigenvalue weighted by atomic mass is 9.95. The van der Waals surface area contributed by atoms with Crippen LogP contribution in [0, 0.1) is 6.92 Å². The number of benzene rings is 2. The molecule has 2 atom stereocenters. The van der Waals surface area contributed by atoms with Crippen molar-refractivity contribution >= 4 is 26.7 Å². The molecule has 2 nitrogen and oxygen atoms in total. The summed E-state index contributed by atoms with van der Waals surface area (Å²) < 4.78 is 11.3. The van der Waals surface area contributed by atoms with Gasteiger partial charge in [0.25, 0.3) is 0 Å². The summed E-state index contributed by atoms with van der Waals surface area (Å²) in [5.41, 5.74) is 2.60. The monoisotopic (exact) mass is 320 g/mol. The summed E-state index contributed by atoms with van der Waals surface area (Å²) in [6.07, 6.45) is 0.0817. The Morgan fingerprint density at radius 3 is 2.79 bits per heavy atom. The first-order chi connectivity index (χ1) is 9.27. The zero-order valence-electron chi connectivity index (χ0n) is 10.9. The molecule has 1 saturated heterocycles. The molecule has 0 aliphatic carbocycles. The molecule has 0 saturated carbocycles. The van der Waals surface area contributed by atoms with E-state index in [2.05, 4.69) is 59.3 Å². The Balaban J connectivity index is 2.05. The van der Waals surface area contributed by atoms with Crippen LogP contribution in [0.2, 0.25) is 0 Å². The molecule has 100 valence electrons. The minimum absolute atomic E-state index is 0.0817. The Morgan fingerprint density at radius 2 is 2.00 bits per heavy atom. The zero-order valence-corrected chi connectivity index (χ0v) is 12.5. The van der Waals surface area contributed by atoms with Crippen LogP contribution in [-0.4, -0.2) is 25.9 Å². The van der Waals surface area contributed by atoms with E-state index in [1.165, 1.54) is 21.9 Å². The third-order valence-corrected chi connectivity index (χ3v) is 4.68. The molecule has 3 heteroatoms. The van der Waals surface area contributed by atoms with E-state index in [4.69, 9.17) is 9.47 Å². The quantitative estimate of drug-likeness (QED) is 0.779.